The predicted molar refractivity (Wildman–Crippen MR) is 124 cm³/mol. The number of hydrogen-bond donors (Lipinski definition) is 2. The van der Waals surface area contributed by atoms with E-state index in [9.17, 15) is 29.1 Å². The average molecular weight is 459 g/mol. The van der Waals surface area contributed by atoms with Crippen molar-refractivity contribution < 1.29 is 33.8 Å². The zero-order valence-electron chi connectivity index (χ0n) is 18.5. The lowest BCUT2D eigenvalue weighted by atomic mass is 9.96. The fourth-order valence-corrected chi connectivity index (χ4v) is 3.35. The Morgan fingerprint density at radius 3 is 2.06 bits per heavy atom. The van der Waals surface area contributed by atoms with Crippen LogP contribution in [-0.4, -0.2) is 35.0 Å². The minimum Gasteiger partial charge on any atom is -0.478 e. The second kappa shape index (κ2) is 10.4. The minimum absolute atomic E-state index is 0.00395. The molecule has 0 aromatic heterocycles. The van der Waals surface area contributed by atoms with Crippen molar-refractivity contribution in [2.75, 3.05) is 5.32 Å². The van der Waals surface area contributed by atoms with E-state index < -0.39 is 23.4 Å². The number of ketones is 2. The third kappa shape index (κ3) is 5.24. The summed E-state index contributed by atoms with van der Waals surface area (Å²) in [5.41, 5.74) is 1.28. The van der Waals surface area contributed by atoms with Crippen molar-refractivity contribution in [3.8, 4) is 5.75 Å². The van der Waals surface area contributed by atoms with Gasteiger partial charge in [-0.05, 0) is 61.4 Å². The van der Waals surface area contributed by atoms with Gasteiger partial charge in [-0.1, -0.05) is 25.1 Å². The number of Topliss-reactive ketones (excluding diaryl/α,β-unsaturated/α-hetero) is 1. The largest absolute Gasteiger partial charge is 0.478 e. The summed E-state index contributed by atoms with van der Waals surface area (Å²) in [6, 6.07) is 14.8. The Labute approximate surface area is 195 Å². The molecule has 2 N–H and O–H groups in total. The van der Waals surface area contributed by atoms with E-state index in [-0.39, 0.29) is 40.0 Å². The van der Waals surface area contributed by atoms with E-state index in [0.29, 0.717) is 5.69 Å². The number of benzene rings is 3. The quantitative estimate of drug-likeness (QED) is 0.363. The van der Waals surface area contributed by atoms with Crippen molar-refractivity contribution in [3.63, 3.8) is 0 Å². The SMILES string of the molecule is CCc1ccc(NC(=O)c2ccc(C(=O)c3ccc(OC=O)c(C(C)=O)c3)cc2C(=O)O)cc1. The van der Waals surface area contributed by atoms with Crippen molar-refractivity contribution >= 4 is 35.6 Å². The third-order valence-corrected chi connectivity index (χ3v) is 5.17. The molecule has 0 heterocycles. The van der Waals surface area contributed by atoms with E-state index in [1.165, 1.54) is 37.3 Å². The van der Waals surface area contributed by atoms with Gasteiger partial charge >= 0.3 is 5.97 Å². The van der Waals surface area contributed by atoms with Crippen molar-refractivity contribution in [2.45, 2.75) is 20.3 Å². The molecule has 0 bridgehead atoms. The van der Waals surface area contributed by atoms with Crippen LogP contribution in [0.4, 0.5) is 5.69 Å². The Morgan fingerprint density at radius 1 is 0.882 bits per heavy atom. The van der Waals surface area contributed by atoms with Gasteiger partial charge in [-0.15, -0.1) is 0 Å². The molecule has 0 saturated heterocycles. The van der Waals surface area contributed by atoms with E-state index in [1.807, 2.05) is 19.1 Å². The Balaban J connectivity index is 1.93. The molecule has 0 fully saturated rings. The van der Waals surface area contributed by atoms with E-state index >= 15 is 0 Å². The predicted octanol–water partition coefficient (Wildman–Crippen LogP) is 4.17. The van der Waals surface area contributed by atoms with Gasteiger partial charge in [-0.2, -0.15) is 0 Å². The summed E-state index contributed by atoms with van der Waals surface area (Å²) in [5, 5.41) is 12.3. The first kappa shape index (κ1) is 24.1. The number of nitrogens with one attached hydrogen (secondary N) is 1. The van der Waals surface area contributed by atoms with Gasteiger partial charge < -0.3 is 15.2 Å². The molecule has 3 rings (SSSR count). The molecule has 172 valence electrons. The molecule has 0 radical (unpaired) electrons. The Morgan fingerprint density at radius 2 is 1.50 bits per heavy atom. The number of carboxylic acid groups (broad SMARTS) is 1. The summed E-state index contributed by atoms with van der Waals surface area (Å²) in [5.74, 6) is -2.99. The summed E-state index contributed by atoms with van der Waals surface area (Å²) in [7, 11) is 0. The molecule has 0 aliphatic rings. The fourth-order valence-electron chi connectivity index (χ4n) is 3.35. The molecule has 8 heteroatoms. The number of carbonyl (C=O) groups is 5. The number of amides is 1. The molecule has 8 nitrogen and oxygen atoms in total. The van der Waals surface area contributed by atoms with Gasteiger partial charge in [0, 0.05) is 16.8 Å². The summed E-state index contributed by atoms with van der Waals surface area (Å²) in [6.45, 7) is 3.43. The maximum Gasteiger partial charge on any atom is 0.336 e. The fraction of sp³-hybridized carbons (Fsp3) is 0.115. The van der Waals surface area contributed by atoms with E-state index in [0.717, 1.165) is 18.1 Å². The lowest BCUT2D eigenvalue weighted by Gasteiger charge is -2.11. The minimum atomic E-state index is -1.37. The maximum absolute atomic E-state index is 13.0. The molecule has 0 saturated carbocycles. The van der Waals surface area contributed by atoms with Crippen molar-refractivity contribution in [3.05, 3.63) is 94.0 Å². The van der Waals surface area contributed by atoms with Crippen molar-refractivity contribution in [1.29, 1.82) is 0 Å². The lowest BCUT2D eigenvalue weighted by molar-refractivity contribution is -0.120. The molecule has 0 aliphatic heterocycles. The topological polar surface area (TPSA) is 127 Å². The maximum atomic E-state index is 13.0. The second-order valence-electron chi connectivity index (χ2n) is 7.38. The first-order chi connectivity index (χ1) is 16.2. The number of carboxylic acids is 1. The van der Waals surface area contributed by atoms with E-state index in [1.54, 1.807) is 12.1 Å². The van der Waals surface area contributed by atoms with Crippen molar-refractivity contribution in [1.82, 2.24) is 0 Å². The summed E-state index contributed by atoms with van der Waals surface area (Å²) >= 11 is 0. The van der Waals surface area contributed by atoms with Crippen LogP contribution in [0.3, 0.4) is 0 Å². The Bertz CT molecular complexity index is 1290. The van der Waals surface area contributed by atoms with E-state index in [2.05, 4.69) is 5.32 Å². The van der Waals surface area contributed by atoms with Crippen LogP contribution in [0, 0.1) is 0 Å². The summed E-state index contributed by atoms with van der Waals surface area (Å²) in [6.07, 6.45) is 0.841. The molecule has 34 heavy (non-hydrogen) atoms. The number of anilines is 1. The van der Waals surface area contributed by atoms with Gasteiger partial charge in [0.25, 0.3) is 12.4 Å². The number of carbonyl (C=O) groups excluding carboxylic acids is 4. The third-order valence-electron chi connectivity index (χ3n) is 5.17. The van der Waals surface area contributed by atoms with Gasteiger partial charge in [-0.3, -0.25) is 19.2 Å². The van der Waals surface area contributed by atoms with Crippen LogP contribution >= 0.6 is 0 Å². The van der Waals surface area contributed by atoms with Gasteiger partial charge in [0.05, 0.1) is 16.7 Å². The van der Waals surface area contributed by atoms with E-state index in [4.69, 9.17) is 4.74 Å². The van der Waals surface area contributed by atoms with Crippen LogP contribution in [-0.2, 0) is 11.2 Å². The van der Waals surface area contributed by atoms with Crippen LogP contribution in [0.5, 0.6) is 5.75 Å². The zero-order chi connectivity index (χ0) is 24.8. The molecule has 0 aliphatic carbocycles. The van der Waals surface area contributed by atoms with Gasteiger partial charge in [0.1, 0.15) is 5.75 Å². The van der Waals surface area contributed by atoms with Gasteiger partial charge in [-0.25, -0.2) is 4.79 Å². The first-order valence-electron chi connectivity index (χ1n) is 10.3. The number of aromatic carboxylic acids is 1. The van der Waals surface area contributed by atoms with Crippen LogP contribution in [0.25, 0.3) is 0 Å². The average Bonchev–Trinajstić information content (AvgIpc) is 2.84. The summed E-state index contributed by atoms with van der Waals surface area (Å²) in [4.78, 5) is 60.1. The molecule has 0 atom stereocenters. The van der Waals surface area contributed by atoms with Gasteiger partial charge in [0.2, 0.25) is 0 Å². The zero-order valence-corrected chi connectivity index (χ0v) is 18.5. The van der Waals surface area contributed by atoms with Crippen molar-refractivity contribution in [2.24, 2.45) is 0 Å². The highest BCUT2D eigenvalue weighted by Crippen LogP contribution is 2.24. The molecule has 0 spiro atoms. The highest BCUT2D eigenvalue weighted by Gasteiger charge is 2.21. The normalized spacial score (nSPS) is 10.3. The molecule has 3 aromatic carbocycles. The Hall–Kier alpha value is -4.59. The van der Waals surface area contributed by atoms with Gasteiger partial charge in [0.15, 0.2) is 11.6 Å². The monoisotopic (exact) mass is 459 g/mol. The number of rotatable bonds is 9. The first-order valence-corrected chi connectivity index (χ1v) is 10.3. The number of aryl methyl sites for hydroxylation is 1. The van der Waals surface area contributed by atoms with Crippen LogP contribution in [0.1, 0.15) is 66.4 Å². The molecular formula is C26H21NO7. The second-order valence-corrected chi connectivity index (χ2v) is 7.38. The molecule has 1 amide bonds. The Kier molecular flexibility index (Phi) is 7.33. The lowest BCUT2D eigenvalue weighted by Crippen LogP contribution is -2.17. The van der Waals surface area contributed by atoms with Crippen LogP contribution in [0.2, 0.25) is 0 Å². The highest BCUT2D eigenvalue weighted by atomic mass is 16.5. The van der Waals surface area contributed by atoms with Crippen LogP contribution < -0.4 is 10.1 Å². The number of ether oxygens (including phenoxy) is 1. The molecule has 0 unspecified atom stereocenters. The molecular weight excluding hydrogens is 438 g/mol. The smallest absolute Gasteiger partial charge is 0.336 e. The molecule has 3 aromatic rings. The summed E-state index contributed by atoms with van der Waals surface area (Å²) < 4.78 is 4.76. The van der Waals surface area contributed by atoms with Crippen LogP contribution in [0.15, 0.2) is 60.7 Å². The highest BCUT2D eigenvalue weighted by molar-refractivity contribution is 6.15. The number of hydrogen-bond acceptors (Lipinski definition) is 6. The standard InChI is InChI=1S/C26H21NO7/c1-3-16-4-8-19(9-5-16)27-25(31)20-10-6-17(13-22(20)26(32)33)24(30)18-7-11-23(34-14-28)21(12-18)15(2)29/h4-14H,3H2,1-2H3,(H,27,31)(H,32,33).